The van der Waals surface area contributed by atoms with Crippen LogP contribution in [0.1, 0.15) is 34.3 Å². The molecule has 3 aromatic rings. The molecule has 4 rings (SSSR count). The molecule has 0 bridgehead atoms. The van der Waals surface area contributed by atoms with Crippen molar-refractivity contribution < 1.29 is 18.7 Å². The quantitative estimate of drug-likeness (QED) is 0.395. The monoisotopic (exact) mass is 377 g/mol. The number of anilines is 1. The fraction of sp³-hybridized carbons (Fsp3) is 0.227. The highest BCUT2D eigenvalue weighted by molar-refractivity contribution is 5.97. The average Bonchev–Trinajstić information content (AvgIpc) is 3.10. The molecule has 1 amide bonds. The lowest BCUT2D eigenvalue weighted by molar-refractivity contribution is -0.117. The van der Waals surface area contributed by atoms with Gasteiger partial charge in [0.1, 0.15) is 11.3 Å². The van der Waals surface area contributed by atoms with Crippen molar-refractivity contribution in [3.63, 3.8) is 0 Å². The van der Waals surface area contributed by atoms with Crippen LogP contribution in [0.3, 0.4) is 0 Å². The molecule has 0 unspecified atom stereocenters. The topological polar surface area (TPSA) is 76.8 Å². The van der Waals surface area contributed by atoms with Gasteiger partial charge in [-0.15, -0.1) is 0 Å². The Balaban J connectivity index is 1.59. The van der Waals surface area contributed by atoms with Crippen LogP contribution >= 0.6 is 0 Å². The third kappa shape index (κ3) is 3.17. The maximum atomic E-state index is 12.5. The SMILES string of the molecule is Cc1cc(=O)oc2c(C)c(OC(=O)c3ccc(N4CCCC4=O)cc3)ccc12. The lowest BCUT2D eigenvalue weighted by atomic mass is 10.1. The number of carbonyl (C=O) groups excluding carboxylic acids is 2. The second-order valence-electron chi connectivity index (χ2n) is 6.90. The Labute approximate surface area is 161 Å². The first kappa shape index (κ1) is 18.0. The zero-order chi connectivity index (χ0) is 19.8. The molecule has 142 valence electrons. The van der Waals surface area contributed by atoms with Gasteiger partial charge in [-0.3, -0.25) is 4.79 Å². The number of carbonyl (C=O) groups is 2. The van der Waals surface area contributed by atoms with E-state index in [2.05, 4.69) is 0 Å². The second-order valence-corrected chi connectivity index (χ2v) is 6.90. The maximum absolute atomic E-state index is 12.5. The fourth-order valence-electron chi connectivity index (χ4n) is 3.47. The van der Waals surface area contributed by atoms with E-state index in [0.717, 1.165) is 23.1 Å². The number of rotatable bonds is 3. The number of nitrogens with zero attached hydrogens (tertiary/aromatic N) is 1. The van der Waals surface area contributed by atoms with E-state index in [-0.39, 0.29) is 5.91 Å². The number of fused-ring (bicyclic) bond motifs is 1. The van der Waals surface area contributed by atoms with E-state index >= 15 is 0 Å². The van der Waals surface area contributed by atoms with Gasteiger partial charge >= 0.3 is 11.6 Å². The largest absolute Gasteiger partial charge is 0.423 e. The third-order valence-electron chi connectivity index (χ3n) is 5.01. The molecule has 1 fully saturated rings. The molecule has 1 saturated heterocycles. The van der Waals surface area contributed by atoms with Gasteiger partial charge in [0.05, 0.1) is 5.56 Å². The van der Waals surface area contributed by atoms with Crippen molar-refractivity contribution in [3.8, 4) is 5.75 Å². The Morgan fingerprint density at radius 1 is 1.07 bits per heavy atom. The number of benzene rings is 2. The summed E-state index contributed by atoms with van der Waals surface area (Å²) in [5.74, 6) is -0.0827. The minimum atomic E-state index is -0.517. The highest BCUT2D eigenvalue weighted by Gasteiger charge is 2.22. The first-order valence-electron chi connectivity index (χ1n) is 9.11. The summed E-state index contributed by atoms with van der Waals surface area (Å²) >= 11 is 0. The normalized spacial score (nSPS) is 13.9. The second kappa shape index (κ2) is 6.96. The minimum absolute atomic E-state index is 0.0962. The highest BCUT2D eigenvalue weighted by Crippen LogP contribution is 2.29. The Morgan fingerprint density at radius 2 is 1.82 bits per heavy atom. The van der Waals surface area contributed by atoms with Crippen LogP contribution in [0.25, 0.3) is 11.0 Å². The van der Waals surface area contributed by atoms with Gasteiger partial charge in [0.2, 0.25) is 5.91 Å². The molecule has 0 N–H and O–H groups in total. The van der Waals surface area contributed by atoms with Crippen molar-refractivity contribution in [2.45, 2.75) is 26.7 Å². The van der Waals surface area contributed by atoms with Gasteiger partial charge in [-0.25, -0.2) is 9.59 Å². The van der Waals surface area contributed by atoms with Gasteiger partial charge in [0.25, 0.3) is 0 Å². The number of hydrogen-bond acceptors (Lipinski definition) is 5. The summed E-state index contributed by atoms with van der Waals surface area (Å²) in [5.41, 5.74) is 2.52. The van der Waals surface area contributed by atoms with Gasteiger partial charge in [-0.05, 0) is 62.2 Å². The number of ether oxygens (including phenoxy) is 1. The van der Waals surface area contributed by atoms with Crippen LogP contribution in [0.5, 0.6) is 5.75 Å². The third-order valence-corrected chi connectivity index (χ3v) is 5.01. The summed E-state index contributed by atoms with van der Waals surface area (Å²) < 4.78 is 10.8. The lowest BCUT2D eigenvalue weighted by Crippen LogP contribution is -2.23. The molecular formula is C22H19NO5. The fourth-order valence-corrected chi connectivity index (χ4v) is 3.47. The molecule has 0 radical (unpaired) electrons. The van der Waals surface area contributed by atoms with Crippen molar-refractivity contribution >= 4 is 28.5 Å². The first-order chi connectivity index (χ1) is 13.4. The first-order valence-corrected chi connectivity index (χ1v) is 9.11. The predicted molar refractivity (Wildman–Crippen MR) is 105 cm³/mol. The van der Waals surface area contributed by atoms with Crippen molar-refractivity contribution in [3.05, 3.63) is 69.6 Å². The summed E-state index contributed by atoms with van der Waals surface area (Å²) in [4.78, 5) is 37.8. The Kier molecular flexibility index (Phi) is 4.47. The summed E-state index contributed by atoms with van der Waals surface area (Å²) in [5, 5.41) is 0.802. The van der Waals surface area contributed by atoms with E-state index in [9.17, 15) is 14.4 Å². The van der Waals surface area contributed by atoms with E-state index in [1.807, 2.05) is 6.92 Å². The molecular weight excluding hydrogens is 358 g/mol. The molecule has 2 heterocycles. The van der Waals surface area contributed by atoms with E-state index in [0.29, 0.717) is 35.4 Å². The maximum Gasteiger partial charge on any atom is 0.343 e. The van der Waals surface area contributed by atoms with E-state index in [4.69, 9.17) is 9.15 Å². The Hall–Kier alpha value is -3.41. The molecule has 0 spiro atoms. The molecule has 6 nitrogen and oxygen atoms in total. The number of amides is 1. The van der Waals surface area contributed by atoms with Crippen LogP contribution in [0.15, 0.2) is 51.7 Å². The van der Waals surface area contributed by atoms with Gasteiger partial charge < -0.3 is 14.1 Å². The number of aryl methyl sites for hydroxylation is 2. The molecule has 6 heteroatoms. The minimum Gasteiger partial charge on any atom is -0.423 e. The van der Waals surface area contributed by atoms with Gasteiger partial charge in [0.15, 0.2) is 0 Å². The van der Waals surface area contributed by atoms with Gasteiger partial charge in [-0.1, -0.05) is 0 Å². The summed E-state index contributed by atoms with van der Waals surface area (Å²) in [6, 6.07) is 11.7. The molecule has 28 heavy (non-hydrogen) atoms. The van der Waals surface area contributed by atoms with E-state index in [1.165, 1.54) is 6.07 Å². The van der Waals surface area contributed by atoms with Crippen molar-refractivity contribution in [2.24, 2.45) is 0 Å². The molecule has 0 aliphatic carbocycles. The summed E-state index contributed by atoms with van der Waals surface area (Å²) in [6.07, 6.45) is 1.40. The van der Waals surface area contributed by atoms with Crippen LogP contribution in [0.2, 0.25) is 0 Å². The Bertz CT molecular complexity index is 1140. The Morgan fingerprint density at radius 3 is 2.50 bits per heavy atom. The van der Waals surface area contributed by atoms with Gasteiger partial charge in [0, 0.05) is 35.7 Å². The summed E-state index contributed by atoms with van der Waals surface area (Å²) in [6.45, 7) is 4.27. The van der Waals surface area contributed by atoms with Crippen molar-refractivity contribution in [2.75, 3.05) is 11.4 Å². The summed E-state index contributed by atoms with van der Waals surface area (Å²) in [7, 11) is 0. The van der Waals surface area contributed by atoms with Crippen molar-refractivity contribution in [1.82, 2.24) is 0 Å². The standard InChI is InChI=1S/C22H19NO5/c1-13-12-20(25)28-21-14(2)18(10-9-17(13)21)27-22(26)15-5-7-16(8-6-15)23-11-3-4-19(23)24/h5-10,12H,3-4,11H2,1-2H3. The molecule has 1 aromatic heterocycles. The highest BCUT2D eigenvalue weighted by atomic mass is 16.5. The lowest BCUT2D eigenvalue weighted by Gasteiger charge is -2.16. The molecule has 0 saturated carbocycles. The van der Waals surface area contributed by atoms with E-state index in [1.54, 1.807) is 48.2 Å². The molecule has 1 aliphatic heterocycles. The predicted octanol–water partition coefficient (Wildman–Crippen LogP) is 3.76. The average molecular weight is 377 g/mol. The molecule has 1 aliphatic rings. The smallest absolute Gasteiger partial charge is 0.343 e. The van der Waals surface area contributed by atoms with Crippen LogP contribution in [-0.2, 0) is 4.79 Å². The van der Waals surface area contributed by atoms with Crippen LogP contribution < -0.4 is 15.3 Å². The van der Waals surface area contributed by atoms with Crippen LogP contribution in [0.4, 0.5) is 5.69 Å². The van der Waals surface area contributed by atoms with Crippen LogP contribution in [-0.4, -0.2) is 18.4 Å². The van der Waals surface area contributed by atoms with E-state index < -0.39 is 11.6 Å². The molecule has 2 aromatic carbocycles. The zero-order valence-electron chi connectivity index (χ0n) is 15.7. The van der Waals surface area contributed by atoms with Crippen molar-refractivity contribution in [1.29, 1.82) is 0 Å². The molecule has 0 atom stereocenters. The zero-order valence-corrected chi connectivity index (χ0v) is 15.7. The number of esters is 1. The number of hydrogen-bond donors (Lipinski definition) is 0. The van der Waals surface area contributed by atoms with Gasteiger partial charge in [-0.2, -0.15) is 0 Å². The van der Waals surface area contributed by atoms with Crippen LogP contribution in [0, 0.1) is 13.8 Å².